The number of hydrogen-bond acceptors (Lipinski definition) is 5. The Bertz CT molecular complexity index is 1060. The molecule has 1 aromatic heterocycles. The lowest BCUT2D eigenvalue weighted by Crippen LogP contribution is -2.24. The topological polar surface area (TPSA) is 64.6 Å². The summed E-state index contributed by atoms with van der Waals surface area (Å²) in [6.07, 6.45) is 7.81. The molecule has 3 heterocycles. The van der Waals surface area contributed by atoms with Gasteiger partial charge in [0.2, 0.25) is 11.8 Å². The zero-order valence-electron chi connectivity index (χ0n) is 17.6. The SMILES string of the molecule is C=C/C=C1/CC(=O)N(Cc2nc(OCC3CCOCC3)c3ccc(Cl)cc3n2)/C1=C/C. The summed E-state index contributed by atoms with van der Waals surface area (Å²) in [6.45, 7) is 8.04. The Hall–Kier alpha value is -2.70. The van der Waals surface area contributed by atoms with Gasteiger partial charge in [0.25, 0.3) is 0 Å². The summed E-state index contributed by atoms with van der Waals surface area (Å²) >= 11 is 6.21. The zero-order chi connectivity index (χ0) is 21.8. The number of allylic oxidation sites excluding steroid dienone is 4. The number of halogens is 1. The standard InChI is InChI=1S/C24H26ClN3O3/c1-3-5-17-12-23(29)28(21(17)4-2)14-22-26-20-13-18(25)6-7-19(20)24(27-22)31-15-16-8-10-30-11-9-16/h3-7,13,16H,1,8-12,14-15H2,2H3/b17-5-,21-4+. The van der Waals surface area contributed by atoms with Crippen LogP contribution in [-0.2, 0) is 16.1 Å². The first-order chi connectivity index (χ1) is 15.1. The first-order valence-corrected chi connectivity index (χ1v) is 10.9. The highest BCUT2D eigenvalue weighted by Gasteiger charge is 2.30. The molecule has 1 aromatic carbocycles. The summed E-state index contributed by atoms with van der Waals surface area (Å²) in [5, 5.41) is 1.40. The Kier molecular flexibility index (Phi) is 6.68. The highest BCUT2D eigenvalue weighted by atomic mass is 35.5. The molecule has 4 rings (SSSR count). The maximum atomic E-state index is 12.7. The number of hydrogen-bond donors (Lipinski definition) is 0. The monoisotopic (exact) mass is 439 g/mol. The number of ether oxygens (including phenoxy) is 2. The third-order valence-electron chi connectivity index (χ3n) is 5.62. The molecule has 0 unspecified atom stereocenters. The Labute approximate surface area is 187 Å². The summed E-state index contributed by atoms with van der Waals surface area (Å²) in [5.74, 6) is 1.50. The van der Waals surface area contributed by atoms with E-state index in [2.05, 4.69) is 16.5 Å². The van der Waals surface area contributed by atoms with E-state index in [0.717, 1.165) is 42.7 Å². The molecule has 2 saturated heterocycles. The number of amides is 1. The van der Waals surface area contributed by atoms with Gasteiger partial charge in [-0.2, -0.15) is 4.98 Å². The van der Waals surface area contributed by atoms with Gasteiger partial charge in [0.05, 0.1) is 30.5 Å². The van der Waals surface area contributed by atoms with E-state index in [1.165, 1.54) is 0 Å². The summed E-state index contributed by atoms with van der Waals surface area (Å²) in [5.41, 5.74) is 2.52. The summed E-state index contributed by atoms with van der Waals surface area (Å²) in [4.78, 5) is 23.7. The second kappa shape index (κ2) is 9.62. The maximum Gasteiger partial charge on any atom is 0.231 e. The number of likely N-dealkylation sites (tertiary alicyclic amines) is 1. The van der Waals surface area contributed by atoms with Gasteiger partial charge in [-0.15, -0.1) is 0 Å². The number of carbonyl (C=O) groups is 1. The average molecular weight is 440 g/mol. The molecule has 2 aromatic rings. The largest absolute Gasteiger partial charge is 0.477 e. The van der Waals surface area contributed by atoms with Gasteiger partial charge in [-0.05, 0) is 49.5 Å². The van der Waals surface area contributed by atoms with E-state index in [1.807, 2.05) is 31.2 Å². The molecule has 0 bridgehead atoms. The van der Waals surface area contributed by atoms with Crippen molar-refractivity contribution >= 4 is 28.4 Å². The Morgan fingerprint density at radius 2 is 2.13 bits per heavy atom. The summed E-state index contributed by atoms with van der Waals surface area (Å²) in [6, 6.07) is 5.49. The maximum absolute atomic E-state index is 12.7. The van der Waals surface area contributed by atoms with Crippen LogP contribution < -0.4 is 4.74 Å². The summed E-state index contributed by atoms with van der Waals surface area (Å²) < 4.78 is 11.6. The van der Waals surface area contributed by atoms with E-state index in [1.54, 1.807) is 17.0 Å². The highest BCUT2D eigenvalue weighted by Crippen LogP contribution is 2.31. The van der Waals surface area contributed by atoms with Crippen molar-refractivity contribution in [2.24, 2.45) is 5.92 Å². The van der Waals surface area contributed by atoms with Gasteiger partial charge in [-0.1, -0.05) is 36.4 Å². The van der Waals surface area contributed by atoms with Crippen LogP contribution in [-0.4, -0.2) is 40.6 Å². The molecule has 0 saturated carbocycles. The van der Waals surface area contributed by atoms with E-state index in [9.17, 15) is 4.79 Å². The van der Waals surface area contributed by atoms with E-state index in [0.29, 0.717) is 41.2 Å². The molecule has 1 amide bonds. The van der Waals surface area contributed by atoms with E-state index >= 15 is 0 Å². The van der Waals surface area contributed by atoms with Crippen molar-refractivity contribution in [3.63, 3.8) is 0 Å². The minimum Gasteiger partial charge on any atom is -0.477 e. The molecule has 31 heavy (non-hydrogen) atoms. The van der Waals surface area contributed by atoms with Crippen LogP contribution in [0.4, 0.5) is 0 Å². The third kappa shape index (κ3) is 4.81. The predicted octanol–water partition coefficient (Wildman–Crippen LogP) is 4.84. The van der Waals surface area contributed by atoms with Gasteiger partial charge < -0.3 is 14.4 Å². The Morgan fingerprint density at radius 3 is 2.87 bits per heavy atom. The molecule has 162 valence electrons. The van der Waals surface area contributed by atoms with Crippen molar-refractivity contribution in [3.05, 3.63) is 65.1 Å². The van der Waals surface area contributed by atoms with Crippen molar-refractivity contribution in [2.45, 2.75) is 32.7 Å². The lowest BCUT2D eigenvalue weighted by molar-refractivity contribution is -0.127. The molecule has 0 spiro atoms. The number of carbonyl (C=O) groups excluding carboxylic acids is 1. The average Bonchev–Trinajstić information content (AvgIpc) is 3.06. The molecule has 2 aliphatic heterocycles. The van der Waals surface area contributed by atoms with Gasteiger partial charge >= 0.3 is 0 Å². The van der Waals surface area contributed by atoms with Crippen LogP contribution in [0.15, 0.2) is 54.3 Å². The van der Waals surface area contributed by atoms with Crippen LogP contribution in [0.2, 0.25) is 5.02 Å². The van der Waals surface area contributed by atoms with E-state index in [-0.39, 0.29) is 12.5 Å². The molecule has 0 N–H and O–H groups in total. The normalized spacial score (nSPS) is 20.2. The van der Waals surface area contributed by atoms with Crippen LogP contribution in [0.1, 0.15) is 32.0 Å². The van der Waals surface area contributed by atoms with Crippen molar-refractivity contribution in [1.29, 1.82) is 0 Å². The molecule has 2 fully saturated rings. The minimum atomic E-state index is 0.0145. The molecular weight excluding hydrogens is 414 g/mol. The van der Waals surface area contributed by atoms with E-state index < -0.39 is 0 Å². The van der Waals surface area contributed by atoms with Crippen LogP contribution >= 0.6 is 11.6 Å². The molecular formula is C24H26ClN3O3. The van der Waals surface area contributed by atoms with Crippen molar-refractivity contribution in [3.8, 4) is 5.88 Å². The Balaban J connectivity index is 1.63. The van der Waals surface area contributed by atoms with Gasteiger partial charge in [0, 0.05) is 23.9 Å². The minimum absolute atomic E-state index is 0.0145. The quantitative estimate of drug-likeness (QED) is 0.644. The zero-order valence-corrected chi connectivity index (χ0v) is 18.4. The van der Waals surface area contributed by atoms with Crippen molar-refractivity contribution in [2.75, 3.05) is 19.8 Å². The van der Waals surface area contributed by atoms with Crippen LogP contribution in [0.25, 0.3) is 10.9 Å². The smallest absolute Gasteiger partial charge is 0.231 e. The molecule has 7 heteroatoms. The first kappa shape index (κ1) is 21.5. The van der Waals surface area contributed by atoms with Crippen molar-refractivity contribution in [1.82, 2.24) is 14.9 Å². The van der Waals surface area contributed by atoms with Gasteiger partial charge in [0.1, 0.15) is 0 Å². The Morgan fingerprint density at radius 1 is 1.32 bits per heavy atom. The fourth-order valence-electron chi connectivity index (χ4n) is 4.01. The van der Waals surface area contributed by atoms with E-state index in [4.69, 9.17) is 21.1 Å². The van der Waals surface area contributed by atoms with Gasteiger partial charge in [0.15, 0.2) is 5.82 Å². The number of aromatic nitrogens is 2. The number of rotatable bonds is 6. The van der Waals surface area contributed by atoms with Gasteiger partial charge in [-0.3, -0.25) is 4.79 Å². The first-order valence-electron chi connectivity index (χ1n) is 10.5. The molecule has 2 aliphatic rings. The second-order valence-corrected chi connectivity index (χ2v) is 8.17. The summed E-state index contributed by atoms with van der Waals surface area (Å²) in [7, 11) is 0. The predicted molar refractivity (Wildman–Crippen MR) is 121 cm³/mol. The number of fused-ring (bicyclic) bond motifs is 1. The fourth-order valence-corrected chi connectivity index (χ4v) is 4.18. The molecule has 0 atom stereocenters. The number of nitrogens with zero attached hydrogens (tertiary/aromatic N) is 3. The second-order valence-electron chi connectivity index (χ2n) is 7.73. The van der Waals surface area contributed by atoms with Crippen LogP contribution in [0.3, 0.4) is 0 Å². The lowest BCUT2D eigenvalue weighted by atomic mass is 10.0. The van der Waals surface area contributed by atoms with Crippen LogP contribution in [0.5, 0.6) is 5.88 Å². The molecule has 0 radical (unpaired) electrons. The number of benzene rings is 1. The lowest BCUT2D eigenvalue weighted by Gasteiger charge is -2.22. The fraction of sp³-hybridized carbons (Fsp3) is 0.375. The third-order valence-corrected chi connectivity index (χ3v) is 5.86. The van der Waals surface area contributed by atoms with Crippen LogP contribution in [0, 0.1) is 5.92 Å². The van der Waals surface area contributed by atoms with Gasteiger partial charge in [-0.25, -0.2) is 4.98 Å². The van der Waals surface area contributed by atoms with Crippen molar-refractivity contribution < 1.29 is 14.3 Å². The molecule has 6 nitrogen and oxygen atoms in total. The molecule has 0 aliphatic carbocycles. The highest BCUT2D eigenvalue weighted by molar-refractivity contribution is 6.31.